The van der Waals surface area contributed by atoms with Gasteiger partial charge >= 0.3 is 0 Å². The average Bonchev–Trinajstić information content (AvgIpc) is 2.99. The van der Waals surface area contributed by atoms with Crippen molar-refractivity contribution in [1.82, 2.24) is 0 Å². The fraction of sp³-hybridized carbons (Fsp3) is 0.429. The summed E-state index contributed by atoms with van der Waals surface area (Å²) in [7, 11) is 0. The molecule has 0 heterocycles. The van der Waals surface area contributed by atoms with E-state index in [0.717, 1.165) is 24.8 Å². The van der Waals surface area contributed by atoms with Gasteiger partial charge in [0.2, 0.25) is 0 Å². The molecule has 0 radical (unpaired) electrons. The topological polar surface area (TPSA) is 46.2 Å². The first-order chi connectivity index (χ1) is 11.2. The summed E-state index contributed by atoms with van der Waals surface area (Å²) in [6.45, 7) is 0. The number of aliphatic hydroxyl groups is 1. The first-order valence-electron chi connectivity index (χ1n) is 8.89. The van der Waals surface area contributed by atoms with Crippen LogP contribution >= 0.6 is 12.4 Å². The molecule has 0 amide bonds. The molecule has 2 nitrogen and oxygen atoms in total. The molecule has 1 saturated carbocycles. The molecular weight excluding hydrogens is 318 g/mol. The molecule has 128 valence electrons. The highest BCUT2D eigenvalue weighted by molar-refractivity contribution is 5.85. The highest BCUT2D eigenvalue weighted by atomic mass is 35.5. The van der Waals surface area contributed by atoms with Crippen LogP contribution in [0, 0.1) is 5.92 Å². The van der Waals surface area contributed by atoms with Crippen molar-refractivity contribution in [2.75, 3.05) is 0 Å². The van der Waals surface area contributed by atoms with Crippen molar-refractivity contribution in [1.29, 1.82) is 0 Å². The normalized spacial score (nSPS) is 19.1. The molecule has 24 heavy (non-hydrogen) atoms. The molecule has 2 aliphatic rings. The molecule has 0 unspecified atom stereocenters. The van der Waals surface area contributed by atoms with Crippen LogP contribution in [0.2, 0.25) is 0 Å². The maximum Gasteiger partial charge on any atom is 0.0760 e. The maximum atomic E-state index is 10.7. The molecule has 0 aromatic heterocycles. The van der Waals surface area contributed by atoms with E-state index in [0.29, 0.717) is 5.92 Å². The van der Waals surface area contributed by atoms with E-state index in [-0.39, 0.29) is 18.4 Å². The van der Waals surface area contributed by atoms with Gasteiger partial charge in [0.05, 0.1) is 12.1 Å². The Bertz CT molecular complexity index is 709. The molecule has 0 bridgehead atoms. The van der Waals surface area contributed by atoms with Crippen molar-refractivity contribution in [3.05, 3.63) is 59.2 Å². The molecular formula is C21H26ClNO. The summed E-state index contributed by atoms with van der Waals surface area (Å²) in [5.74, 6) is 0.365. The molecule has 4 rings (SSSR count). The molecule has 0 saturated heterocycles. The second kappa shape index (κ2) is 7.26. The summed E-state index contributed by atoms with van der Waals surface area (Å²) in [5.41, 5.74) is 12.9. The zero-order valence-corrected chi connectivity index (χ0v) is 14.8. The van der Waals surface area contributed by atoms with Crippen molar-refractivity contribution in [3.63, 3.8) is 0 Å². The van der Waals surface area contributed by atoms with Crippen LogP contribution in [0.3, 0.4) is 0 Å². The van der Waals surface area contributed by atoms with Gasteiger partial charge in [-0.15, -0.1) is 12.4 Å². The monoisotopic (exact) mass is 343 g/mol. The Morgan fingerprint density at radius 3 is 2.42 bits per heavy atom. The number of hydrogen-bond acceptors (Lipinski definition) is 2. The van der Waals surface area contributed by atoms with E-state index in [9.17, 15) is 5.11 Å². The van der Waals surface area contributed by atoms with Gasteiger partial charge in [0.1, 0.15) is 0 Å². The Labute approximate surface area is 150 Å². The third-order valence-electron chi connectivity index (χ3n) is 5.70. The van der Waals surface area contributed by atoms with Crippen LogP contribution in [0.25, 0.3) is 11.1 Å². The summed E-state index contributed by atoms with van der Waals surface area (Å²) in [4.78, 5) is 0. The molecule has 2 atom stereocenters. The lowest BCUT2D eigenvalue weighted by Crippen LogP contribution is -2.34. The van der Waals surface area contributed by atoms with Crippen LogP contribution in [0.1, 0.15) is 54.8 Å². The smallest absolute Gasteiger partial charge is 0.0760 e. The van der Waals surface area contributed by atoms with Crippen molar-refractivity contribution in [2.24, 2.45) is 11.7 Å². The lowest BCUT2D eigenvalue weighted by Gasteiger charge is -2.30. The second-order valence-electron chi connectivity index (χ2n) is 7.16. The molecule has 1 fully saturated rings. The fourth-order valence-corrected chi connectivity index (χ4v) is 4.34. The van der Waals surface area contributed by atoms with Crippen LogP contribution in [0.15, 0.2) is 42.5 Å². The van der Waals surface area contributed by atoms with E-state index < -0.39 is 6.10 Å². The van der Waals surface area contributed by atoms with Gasteiger partial charge in [-0.1, -0.05) is 61.7 Å². The summed E-state index contributed by atoms with van der Waals surface area (Å²) < 4.78 is 0. The number of rotatable bonds is 3. The van der Waals surface area contributed by atoms with Crippen LogP contribution < -0.4 is 5.73 Å². The van der Waals surface area contributed by atoms with Gasteiger partial charge in [0.25, 0.3) is 0 Å². The fourth-order valence-electron chi connectivity index (χ4n) is 4.34. The van der Waals surface area contributed by atoms with Crippen molar-refractivity contribution in [2.45, 2.75) is 50.7 Å². The third kappa shape index (κ3) is 3.11. The Hall–Kier alpha value is -1.35. The lowest BCUT2D eigenvalue weighted by molar-refractivity contribution is 0.0618. The SMILES string of the molecule is Cl.N[C@H](c1ccc2c(c1)Cc1ccccc1-2)[C@@H](O)C1CCCCC1. The quantitative estimate of drug-likeness (QED) is 0.728. The minimum Gasteiger partial charge on any atom is -0.391 e. The molecule has 0 spiro atoms. The van der Waals surface area contributed by atoms with E-state index >= 15 is 0 Å². The van der Waals surface area contributed by atoms with Gasteiger partial charge in [-0.3, -0.25) is 0 Å². The van der Waals surface area contributed by atoms with Gasteiger partial charge in [-0.05, 0) is 53.0 Å². The van der Waals surface area contributed by atoms with E-state index in [1.165, 1.54) is 41.5 Å². The first-order valence-corrected chi connectivity index (χ1v) is 8.89. The van der Waals surface area contributed by atoms with Crippen molar-refractivity contribution in [3.8, 4) is 11.1 Å². The number of benzene rings is 2. The van der Waals surface area contributed by atoms with E-state index in [1.807, 2.05) is 0 Å². The molecule has 2 aromatic rings. The summed E-state index contributed by atoms with van der Waals surface area (Å²) >= 11 is 0. The van der Waals surface area contributed by atoms with Crippen LogP contribution in [-0.2, 0) is 6.42 Å². The van der Waals surface area contributed by atoms with Crippen LogP contribution in [0.5, 0.6) is 0 Å². The molecule has 2 aliphatic carbocycles. The first kappa shape index (κ1) is 17.5. The van der Waals surface area contributed by atoms with E-state index in [4.69, 9.17) is 5.73 Å². The third-order valence-corrected chi connectivity index (χ3v) is 5.70. The predicted octanol–water partition coefficient (Wildman–Crippen LogP) is 4.62. The Morgan fingerprint density at radius 2 is 1.62 bits per heavy atom. The Morgan fingerprint density at radius 1 is 0.917 bits per heavy atom. The molecule has 0 aliphatic heterocycles. The highest BCUT2D eigenvalue weighted by Crippen LogP contribution is 2.38. The number of hydrogen-bond donors (Lipinski definition) is 2. The summed E-state index contributed by atoms with van der Waals surface area (Å²) in [5, 5.41) is 10.7. The summed E-state index contributed by atoms with van der Waals surface area (Å²) in [6, 6.07) is 14.8. The van der Waals surface area contributed by atoms with E-state index in [1.54, 1.807) is 0 Å². The van der Waals surface area contributed by atoms with Gasteiger partial charge in [-0.2, -0.15) is 0 Å². The molecule has 3 N–H and O–H groups in total. The molecule has 2 aromatic carbocycles. The number of fused-ring (bicyclic) bond motifs is 3. The zero-order valence-electron chi connectivity index (χ0n) is 13.9. The van der Waals surface area contributed by atoms with Gasteiger partial charge in [0, 0.05) is 0 Å². The van der Waals surface area contributed by atoms with Crippen LogP contribution in [0.4, 0.5) is 0 Å². The minimum absolute atomic E-state index is 0. The lowest BCUT2D eigenvalue weighted by atomic mass is 9.81. The number of halogens is 1. The largest absolute Gasteiger partial charge is 0.391 e. The van der Waals surface area contributed by atoms with Gasteiger partial charge in [-0.25, -0.2) is 0 Å². The standard InChI is InChI=1S/C21H25NO.ClH/c22-20(21(23)14-6-2-1-3-7-14)16-10-11-19-17(13-16)12-15-8-4-5-9-18(15)19;/h4-5,8-11,13-14,20-21,23H,1-3,6-7,12,22H2;1H/t20-,21+;/m1./s1. The van der Waals surface area contributed by atoms with Crippen molar-refractivity contribution < 1.29 is 5.11 Å². The highest BCUT2D eigenvalue weighted by Gasteiger charge is 2.28. The number of nitrogens with two attached hydrogens (primary N) is 1. The van der Waals surface area contributed by atoms with Gasteiger partial charge < -0.3 is 10.8 Å². The second-order valence-corrected chi connectivity index (χ2v) is 7.16. The van der Waals surface area contributed by atoms with Crippen molar-refractivity contribution >= 4 is 12.4 Å². The minimum atomic E-state index is -0.419. The predicted molar refractivity (Wildman–Crippen MR) is 101 cm³/mol. The summed E-state index contributed by atoms with van der Waals surface area (Å²) in [6.07, 6.45) is 6.55. The number of aliphatic hydroxyl groups excluding tert-OH is 1. The average molecular weight is 344 g/mol. The maximum absolute atomic E-state index is 10.7. The Kier molecular flexibility index (Phi) is 5.29. The Balaban J connectivity index is 0.00000169. The zero-order chi connectivity index (χ0) is 15.8. The van der Waals surface area contributed by atoms with Crippen LogP contribution in [-0.4, -0.2) is 11.2 Å². The van der Waals surface area contributed by atoms with Gasteiger partial charge in [0.15, 0.2) is 0 Å². The van der Waals surface area contributed by atoms with E-state index in [2.05, 4.69) is 42.5 Å². The molecule has 3 heteroatoms.